The molecule has 0 fully saturated rings. The summed E-state index contributed by atoms with van der Waals surface area (Å²) >= 11 is 0. The maximum absolute atomic E-state index is 12.5. The molecule has 0 radical (unpaired) electrons. The smallest absolute Gasteiger partial charge is 0.462 e. The number of esters is 2. The van der Waals surface area contributed by atoms with Gasteiger partial charge in [0.15, 0.2) is 6.10 Å². The summed E-state index contributed by atoms with van der Waals surface area (Å²) < 4.78 is 32.5. The zero-order chi connectivity index (χ0) is 34.9. The minimum Gasteiger partial charge on any atom is -0.462 e. The van der Waals surface area contributed by atoms with Crippen LogP contribution in [0.4, 0.5) is 0 Å². The van der Waals surface area contributed by atoms with Gasteiger partial charge in [0, 0.05) is 12.8 Å². The van der Waals surface area contributed by atoms with Crippen molar-refractivity contribution in [3.63, 3.8) is 0 Å². The lowest BCUT2D eigenvalue weighted by Crippen LogP contribution is -2.29. The Morgan fingerprint density at radius 1 is 0.660 bits per heavy atom. The normalized spacial score (nSPS) is 14.6. The van der Waals surface area contributed by atoms with E-state index >= 15 is 0 Å². The van der Waals surface area contributed by atoms with E-state index in [0.29, 0.717) is 12.8 Å². The highest BCUT2D eigenvalue weighted by molar-refractivity contribution is 7.47. The Morgan fingerprint density at radius 3 is 1.77 bits per heavy atom. The lowest BCUT2D eigenvalue weighted by Gasteiger charge is -2.20. The third kappa shape index (κ3) is 32.5. The predicted octanol–water partition coefficient (Wildman–Crippen LogP) is 8.44. The summed E-state index contributed by atoms with van der Waals surface area (Å²) in [5.41, 5.74) is 0. The molecule has 0 saturated heterocycles. The van der Waals surface area contributed by atoms with E-state index in [0.717, 1.165) is 70.6 Å². The predicted molar refractivity (Wildman–Crippen MR) is 187 cm³/mol. The van der Waals surface area contributed by atoms with Gasteiger partial charge in [-0.15, -0.1) is 0 Å². The number of allylic oxidation sites excluding steroid dienone is 6. The Hall–Kier alpha value is -1.81. The molecule has 0 aliphatic heterocycles. The lowest BCUT2D eigenvalue weighted by molar-refractivity contribution is -0.161. The molecule has 1 unspecified atom stereocenters. The van der Waals surface area contributed by atoms with Gasteiger partial charge in [0.25, 0.3) is 0 Å². The number of hydrogen-bond acceptors (Lipinski definition) is 9. The zero-order valence-corrected chi connectivity index (χ0v) is 30.1. The Bertz CT molecular complexity index is 889. The van der Waals surface area contributed by atoms with Crippen molar-refractivity contribution in [3.8, 4) is 0 Å². The van der Waals surface area contributed by atoms with E-state index in [4.69, 9.17) is 19.1 Å². The number of carbonyl (C=O) groups is 2. The largest absolute Gasteiger partial charge is 0.472 e. The van der Waals surface area contributed by atoms with E-state index in [1.807, 2.05) is 0 Å². The molecule has 0 aromatic rings. The fraction of sp³-hybridized carbons (Fsp3) is 0.778. The number of unbranched alkanes of at least 4 members (excludes halogenated alkanes) is 13. The molecule has 0 aliphatic rings. The average molecular weight is 689 g/mol. The van der Waals surface area contributed by atoms with Crippen LogP contribution in [0, 0.1) is 0 Å². The van der Waals surface area contributed by atoms with Gasteiger partial charge in [0.05, 0.1) is 19.8 Å². The number of hydrogen-bond donors (Lipinski definition) is 3. The van der Waals surface area contributed by atoms with E-state index < -0.39 is 51.8 Å². The summed E-state index contributed by atoms with van der Waals surface area (Å²) in [7, 11) is -4.61. The molecule has 0 bridgehead atoms. The number of carbonyl (C=O) groups excluding carboxylic acids is 2. The molecule has 0 aromatic carbocycles. The number of ether oxygens (including phenoxy) is 2. The first-order valence-electron chi connectivity index (χ1n) is 17.9. The van der Waals surface area contributed by atoms with E-state index in [1.165, 1.54) is 32.1 Å². The SMILES string of the molecule is CC/C=C\C/C=C\C/C=C\CCCCCCCC(=O)O[C@H](COC(=O)CCCCCCCCCCC)COP(=O)(O)OC[C@@H](O)CO. The number of phosphoric acid groups is 1. The third-order valence-corrected chi connectivity index (χ3v) is 8.26. The van der Waals surface area contributed by atoms with Crippen molar-refractivity contribution in [2.24, 2.45) is 0 Å². The molecule has 0 aliphatic carbocycles. The molecule has 0 saturated carbocycles. The topological polar surface area (TPSA) is 149 Å². The van der Waals surface area contributed by atoms with Crippen LogP contribution < -0.4 is 0 Å². The molecular weight excluding hydrogens is 623 g/mol. The molecule has 10 nitrogen and oxygen atoms in total. The highest BCUT2D eigenvalue weighted by Gasteiger charge is 2.27. The van der Waals surface area contributed by atoms with Gasteiger partial charge in [0.1, 0.15) is 12.7 Å². The first-order chi connectivity index (χ1) is 22.7. The van der Waals surface area contributed by atoms with Crippen molar-refractivity contribution >= 4 is 19.8 Å². The second-order valence-corrected chi connectivity index (χ2v) is 13.3. The summed E-state index contributed by atoms with van der Waals surface area (Å²) in [5, 5.41) is 18.2. The molecule has 3 N–H and O–H groups in total. The van der Waals surface area contributed by atoms with E-state index in [1.54, 1.807) is 0 Å². The molecule has 0 heterocycles. The van der Waals surface area contributed by atoms with Crippen molar-refractivity contribution in [2.45, 2.75) is 154 Å². The average Bonchev–Trinajstić information content (AvgIpc) is 3.05. The van der Waals surface area contributed by atoms with Gasteiger partial charge in [0.2, 0.25) is 0 Å². The molecule has 0 aromatic heterocycles. The first-order valence-corrected chi connectivity index (χ1v) is 19.4. The Labute approximate surface area is 284 Å². The highest BCUT2D eigenvalue weighted by atomic mass is 31.2. The van der Waals surface area contributed by atoms with Gasteiger partial charge >= 0.3 is 19.8 Å². The van der Waals surface area contributed by atoms with E-state index in [-0.39, 0.29) is 19.4 Å². The quantitative estimate of drug-likeness (QED) is 0.0265. The molecule has 0 amide bonds. The van der Waals surface area contributed by atoms with Gasteiger partial charge in [-0.05, 0) is 44.9 Å². The molecule has 3 atom stereocenters. The molecule has 11 heteroatoms. The van der Waals surface area contributed by atoms with Crippen molar-refractivity contribution in [1.82, 2.24) is 0 Å². The van der Waals surface area contributed by atoms with Crippen LogP contribution in [0.2, 0.25) is 0 Å². The molecule has 274 valence electrons. The van der Waals surface area contributed by atoms with Crippen LogP contribution in [0.1, 0.15) is 142 Å². The van der Waals surface area contributed by atoms with Crippen molar-refractivity contribution in [3.05, 3.63) is 36.5 Å². The van der Waals surface area contributed by atoms with Crippen molar-refractivity contribution in [2.75, 3.05) is 26.4 Å². The lowest BCUT2D eigenvalue weighted by atomic mass is 10.1. The van der Waals surface area contributed by atoms with Crippen LogP contribution in [0.25, 0.3) is 0 Å². The van der Waals surface area contributed by atoms with Gasteiger partial charge < -0.3 is 24.6 Å². The summed E-state index contributed by atoms with van der Waals surface area (Å²) in [4.78, 5) is 34.7. The fourth-order valence-corrected chi connectivity index (χ4v) is 5.32. The Morgan fingerprint density at radius 2 is 1.17 bits per heavy atom. The second-order valence-electron chi connectivity index (χ2n) is 11.9. The van der Waals surface area contributed by atoms with Crippen LogP contribution in [0.5, 0.6) is 0 Å². The summed E-state index contributed by atoms with van der Waals surface area (Å²) in [6, 6.07) is 0. The fourth-order valence-electron chi connectivity index (χ4n) is 4.53. The summed E-state index contributed by atoms with van der Waals surface area (Å²) in [6.45, 7) is 2.19. The molecule has 47 heavy (non-hydrogen) atoms. The number of rotatable bonds is 33. The van der Waals surface area contributed by atoms with Crippen molar-refractivity contribution < 1.29 is 47.8 Å². The van der Waals surface area contributed by atoms with E-state index in [2.05, 4.69) is 54.8 Å². The number of aliphatic hydroxyl groups is 2. The highest BCUT2D eigenvalue weighted by Crippen LogP contribution is 2.43. The minimum absolute atomic E-state index is 0.165. The van der Waals surface area contributed by atoms with Gasteiger partial charge in [-0.2, -0.15) is 0 Å². The maximum Gasteiger partial charge on any atom is 0.472 e. The van der Waals surface area contributed by atoms with Crippen LogP contribution in [0.15, 0.2) is 36.5 Å². The van der Waals surface area contributed by atoms with Crippen LogP contribution in [-0.2, 0) is 32.7 Å². The Balaban J connectivity index is 4.42. The number of phosphoric ester groups is 1. The monoisotopic (exact) mass is 688 g/mol. The molecule has 0 rings (SSSR count). The van der Waals surface area contributed by atoms with Crippen molar-refractivity contribution in [1.29, 1.82) is 0 Å². The second kappa shape index (κ2) is 32.7. The van der Waals surface area contributed by atoms with Gasteiger partial charge in [-0.1, -0.05) is 121 Å². The van der Waals surface area contributed by atoms with E-state index in [9.17, 15) is 24.2 Å². The minimum atomic E-state index is -4.61. The third-order valence-electron chi connectivity index (χ3n) is 7.31. The Kier molecular flexibility index (Phi) is 31.5. The number of aliphatic hydroxyl groups excluding tert-OH is 2. The standard InChI is InChI=1S/C36H65O10P/c1-3-5-7-9-11-13-14-15-16-17-18-20-22-24-26-28-36(40)46-34(32-45-47(41,42)44-30-33(38)29-37)31-43-35(39)27-25-23-21-19-12-10-8-6-4-2/h5,7,11,13,15-16,33-34,37-38H,3-4,6,8-10,12,14,17-32H2,1-2H3,(H,41,42)/b7-5-,13-11-,16-15-/t33-,34+/m0/s1. The zero-order valence-electron chi connectivity index (χ0n) is 29.2. The first kappa shape index (κ1) is 45.2. The maximum atomic E-state index is 12.5. The van der Waals surface area contributed by atoms with Crippen LogP contribution in [-0.4, -0.2) is 65.7 Å². The van der Waals surface area contributed by atoms with Gasteiger partial charge in [-0.3, -0.25) is 18.6 Å². The molecule has 0 spiro atoms. The molecular formula is C36H65O10P. The summed E-state index contributed by atoms with van der Waals surface area (Å²) in [5.74, 6) is -0.950. The van der Waals surface area contributed by atoms with Gasteiger partial charge in [-0.25, -0.2) is 4.57 Å². The van der Waals surface area contributed by atoms with Crippen LogP contribution >= 0.6 is 7.82 Å². The summed E-state index contributed by atoms with van der Waals surface area (Å²) in [6.07, 6.45) is 29.8. The van der Waals surface area contributed by atoms with Crippen LogP contribution in [0.3, 0.4) is 0 Å².